The molecule has 0 N–H and O–H groups in total. The van der Waals surface area contributed by atoms with Gasteiger partial charge in [0.25, 0.3) is 8.32 Å². The van der Waals surface area contributed by atoms with Gasteiger partial charge in [0.2, 0.25) is 0 Å². The second-order valence-electron chi connectivity index (χ2n) is 10.8. The molecule has 4 heteroatoms. The molecule has 2 aromatic rings. The van der Waals surface area contributed by atoms with Crippen molar-refractivity contribution in [3.8, 4) is 12.3 Å². The van der Waals surface area contributed by atoms with Crippen LogP contribution in [0.25, 0.3) is 0 Å². The van der Waals surface area contributed by atoms with Gasteiger partial charge in [-0.1, -0.05) is 108 Å². The topological polar surface area (TPSA) is 18.5 Å². The van der Waals surface area contributed by atoms with Crippen molar-refractivity contribution in [3.05, 3.63) is 60.7 Å². The smallest absolute Gasteiger partial charge is 0.262 e. The van der Waals surface area contributed by atoms with Gasteiger partial charge in [0.05, 0.1) is 0 Å². The Morgan fingerprint density at radius 2 is 1.26 bits per heavy atom. The highest BCUT2D eigenvalue weighted by Gasteiger charge is 2.51. The lowest BCUT2D eigenvalue weighted by Gasteiger charge is -2.44. The van der Waals surface area contributed by atoms with Gasteiger partial charge in [0, 0.05) is 13.0 Å². The third kappa shape index (κ3) is 5.78. The van der Waals surface area contributed by atoms with E-state index in [-0.39, 0.29) is 16.2 Å². The zero-order valence-corrected chi connectivity index (χ0v) is 22.7. The standard InChI is InChI=1S/C27H40O2Si2/c1-10-23(21-22-28-30(8,9)26(2,3)4)29-31(27(5,6)7,24-17-13-11-14-18-24)25-19-15-12-16-20-25/h1,11-20,23H,21-22H2,2-9H3/t23-/m0/s1. The third-order valence-electron chi connectivity index (χ3n) is 6.57. The van der Waals surface area contributed by atoms with E-state index >= 15 is 0 Å². The summed E-state index contributed by atoms with van der Waals surface area (Å²) in [5.41, 5.74) is 0. The predicted molar refractivity (Wildman–Crippen MR) is 139 cm³/mol. The van der Waals surface area contributed by atoms with Crippen LogP contribution in [0.1, 0.15) is 48.0 Å². The first-order valence-corrected chi connectivity index (χ1v) is 16.1. The van der Waals surface area contributed by atoms with Crippen molar-refractivity contribution < 1.29 is 8.85 Å². The molecular formula is C27H40O2Si2. The van der Waals surface area contributed by atoms with E-state index in [1.54, 1.807) is 0 Å². The van der Waals surface area contributed by atoms with Gasteiger partial charge < -0.3 is 8.85 Å². The SMILES string of the molecule is C#C[C@@H](CCO[Si](C)(C)C(C)(C)C)O[Si](c1ccccc1)(c1ccccc1)C(C)(C)C. The zero-order valence-electron chi connectivity index (χ0n) is 20.7. The molecule has 0 fully saturated rings. The second kappa shape index (κ2) is 9.87. The lowest BCUT2D eigenvalue weighted by Crippen LogP contribution is -2.67. The summed E-state index contributed by atoms with van der Waals surface area (Å²) in [6.45, 7) is 18.8. The second-order valence-corrected chi connectivity index (χ2v) is 19.9. The van der Waals surface area contributed by atoms with Crippen molar-refractivity contribution >= 4 is 27.0 Å². The minimum absolute atomic E-state index is 0.0922. The maximum absolute atomic E-state index is 7.06. The molecule has 0 aliphatic rings. The van der Waals surface area contributed by atoms with E-state index in [9.17, 15) is 0 Å². The molecule has 0 bridgehead atoms. The normalized spacial score (nSPS) is 14.2. The van der Waals surface area contributed by atoms with Gasteiger partial charge in [-0.15, -0.1) is 6.42 Å². The Hall–Kier alpha value is -1.65. The van der Waals surface area contributed by atoms with Crippen LogP contribution < -0.4 is 10.4 Å². The molecule has 0 aliphatic heterocycles. The molecule has 0 spiro atoms. The van der Waals surface area contributed by atoms with Crippen molar-refractivity contribution in [2.24, 2.45) is 0 Å². The van der Waals surface area contributed by atoms with Crippen molar-refractivity contribution in [1.29, 1.82) is 0 Å². The van der Waals surface area contributed by atoms with Gasteiger partial charge >= 0.3 is 0 Å². The van der Waals surface area contributed by atoms with Crippen molar-refractivity contribution in [2.45, 2.75) is 77.2 Å². The first-order valence-electron chi connectivity index (χ1n) is 11.2. The van der Waals surface area contributed by atoms with Crippen LogP contribution in [0.4, 0.5) is 0 Å². The Kier molecular flexibility index (Phi) is 8.16. The van der Waals surface area contributed by atoms with Crippen molar-refractivity contribution in [1.82, 2.24) is 0 Å². The summed E-state index contributed by atoms with van der Waals surface area (Å²) < 4.78 is 13.5. The molecule has 1 atom stereocenters. The molecule has 0 saturated heterocycles. The number of hydrogen-bond acceptors (Lipinski definition) is 2. The largest absolute Gasteiger partial charge is 0.417 e. The predicted octanol–water partition coefficient (Wildman–Crippen LogP) is 5.98. The molecule has 0 aliphatic carbocycles. The van der Waals surface area contributed by atoms with Crippen LogP contribution in [0.15, 0.2) is 60.7 Å². The van der Waals surface area contributed by atoms with Crippen LogP contribution >= 0.6 is 0 Å². The van der Waals surface area contributed by atoms with Gasteiger partial charge in [0.15, 0.2) is 8.32 Å². The number of hydrogen-bond donors (Lipinski definition) is 0. The van der Waals surface area contributed by atoms with Gasteiger partial charge in [-0.05, 0) is 33.5 Å². The summed E-state index contributed by atoms with van der Waals surface area (Å²) in [5, 5.41) is 2.58. The summed E-state index contributed by atoms with van der Waals surface area (Å²) >= 11 is 0. The van der Waals surface area contributed by atoms with E-state index in [1.807, 2.05) is 0 Å². The quantitative estimate of drug-likeness (QED) is 0.362. The van der Waals surface area contributed by atoms with Crippen molar-refractivity contribution in [2.75, 3.05) is 6.61 Å². The molecule has 0 amide bonds. The lowest BCUT2D eigenvalue weighted by atomic mass is 10.2. The van der Waals surface area contributed by atoms with Gasteiger partial charge in [0.1, 0.15) is 6.10 Å². The van der Waals surface area contributed by atoms with Crippen LogP contribution in [0.3, 0.4) is 0 Å². The Balaban J connectivity index is 2.40. The number of rotatable bonds is 8. The van der Waals surface area contributed by atoms with E-state index in [1.165, 1.54) is 10.4 Å². The third-order valence-corrected chi connectivity index (χ3v) is 16.2. The summed E-state index contributed by atoms with van der Waals surface area (Å²) in [5.74, 6) is 2.94. The van der Waals surface area contributed by atoms with E-state index in [2.05, 4.69) is 121 Å². The molecule has 2 nitrogen and oxygen atoms in total. The molecule has 168 valence electrons. The minimum Gasteiger partial charge on any atom is -0.417 e. The highest BCUT2D eigenvalue weighted by molar-refractivity contribution is 6.99. The zero-order chi connectivity index (χ0) is 23.3. The molecule has 2 aromatic carbocycles. The average Bonchev–Trinajstić information content (AvgIpc) is 2.70. The molecule has 0 heterocycles. The van der Waals surface area contributed by atoms with E-state index in [4.69, 9.17) is 15.3 Å². The molecule has 0 aromatic heterocycles. The summed E-state index contributed by atoms with van der Waals surface area (Å²) in [6, 6.07) is 21.3. The van der Waals surface area contributed by atoms with E-state index in [0.717, 1.165) is 0 Å². The van der Waals surface area contributed by atoms with Gasteiger partial charge in [-0.3, -0.25) is 0 Å². The number of terminal acetylenes is 1. The monoisotopic (exact) mass is 452 g/mol. The Labute approximate surface area is 192 Å². The summed E-state index contributed by atoms with van der Waals surface area (Å²) in [6.07, 6.45) is 6.42. The van der Waals surface area contributed by atoms with E-state index in [0.29, 0.717) is 13.0 Å². The molecular weight excluding hydrogens is 412 g/mol. The maximum atomic E-state index is 7.06. The fourth-order valence-electron chi connectivity index (χ4n) is 3.72. The van der Waals surface area contributed by atoms with Crippen LogP contribution in [0.2, 0.25) is 23.2 Å². The first kappa shape index (κ1) is 25.6. The lowest BCUT2D eigenvalue weighted by molar-refractivity contribution is 0.187. The van der Waals surface area contributed by atoms with E-state index < -0.39 is 16.6 Å². The summed E-state index contributed by atoms with van der Waals surface area (Å²) in [7, 11) is -4.47. The highest BCUT2D eigenvalue weighted by atomic mass is 28.4. The van der Waals surface area contributed by atoms with Gasteiger partial charge in [-0.25, -0.2) is 0 Å². The Morgan fingerprint density at radius 1 is 0.806 bits per heavy atom. The molecule has 0 radical (unpaired) electrons. The van der Waals surface area contributed by atoms with Crippen LogP contribution in [-0.4, -0.2) is 29.3 Å². The van der Waals surface area contributed by atoms with Crippen LogP contribution in [-0.2, 0) is 8.85 Å². The van der Waals surface area contributed by atoms with Gasteiger partial charge in [-0.2, -0.15) is 0 Å². The highest BCUT2D eigenvalue weighted by Crippen LogP contribution is 2.39. The number of benzene rings is 2. The van der Waals surface area contributed by atoms with Crippen LogP contribution in [0, 0.1) is 12.3 Å². The Bertz CT molecular complexity index is 817. The molecule has 0 unspecified atom stereocenters. The Morgan fingerprint density at radius 3 is 1.61 bits per heavy atom. The van der Waals surface area contributed by atoms with Crippen LogP contribution in [0.5, 0.6) is 0 Å². The minimum atomic E-state index is -2.65. The maximum Gasteiger partial charge on any atom is 0.262 e. The fraction of sp³-hybridized carbons (Fsp3) is 0.481. The summed E-state index contributed by atoms with van der Waals surface area (Å²) in [4.78, 5) is 0. The molecule has 31 heavy (non-hydrogen) atoms. The first-order chi connectivity index (χ1) is 14.3. The molecule has 0 saturated carbocycles. The fourth-order valence-corrected chi connectivity index (χ4v) is 9.41. The molecule has 2 rings (SSSR count). The average molecular weight is 453 g/mol. The van der Waals surface area contributed by atoms with Crippen molar-refractivity contribution in [3.63, 3.8) is 0 Å².